The number of furan rings is 1. The molecule has 0 atom stereocenters. The maximum atomic E-state index is 10.3. The van der Waals surface area contributed by atoms with Gasteiger partial charge in [-0.15, -0.1) is 0 Å². The van der Waals surface area contributed by atoms with Gasteiger partial charge >= 0.3 is 197 Å². The second kappa shape index (κ2) is 9.33. The van der Waals surface area contributed by atoms with Crippen molar-refractivity contribution < 1.29 is 10.4 Å². The van der Waals surface area contributed by atoms with Crippen molar-refractivity contribution in [3.63, 3.8) is 0 Å². The van der Waals surface area contributed by atoms with Crippen molar-refractivity contribution in [3.05, 3.63) is 108 Å². The fourth-order valence-corrected chi connectivity index (χ4v) is 8.58. The first-order valence-electron chi connectivity index (χ1n) is 14.5. The molecule has 0 amide bonds. The zero-order chi connectivity index (χ0) is 29.3. The van der Waals surface area contributed by atoms with Crippen LogP contribution in [0.1, 0.15) is 12.5 Å². The number of aryl methyl sites for hydroxylation is 2. The Kier molecular flexibility index (Phi) is 5.55. The molecule has 0 saturated carbocycles. The molecule has 7 rings (SSSR count). The van der Waals surface area contributed by atoms with Crippen LogP contribution in [0.15, 0.2) is 102 Å². The predicted octanol–water partition coefficient (Wildman–Crippen LogP) is 8.78. The molecule has 0 fully saturated rings. The van der Waals surface area contributed by atoms with E-state index in [-0.39, 0.29) is 0 Å². The van der Waals surface area contributed by atoms with Crippen molar-refractivity contribution in [1.29, 1.82) is 5.26 Å². The first-order valence-corrected chi connectivity index (χ1v) is 21.3. The average Bonchev–Trinajstić information content (AvgIpc) is 3.36. The number of nitriles is 1. The van der Waals surface area contributed by atoms with Crippen LogP contribution in [-0.2, 0) is 7.05 Å². The van der Waals surface area contributed by atoms with E-state index in [1.807, 2.05) is 42.5 Å². The molecular formula is C37H31GeN2O+. The molecule has 198 valence electrons. The number of hydrogen-bond donors (Lipinski definition) is 0. The van der Waals surface area contributed by atoms with Crippen LogP contribution in [-0.4, -0.2) is 13.3 Å². The van der Waals surface area contributed by atoms with Crippen molar-refractivity contribution >= 4 is 61.1 Å². The Labute approximate surface area is 244 Å². The van der Waals surface area contributed by atoms with E-state index >= 15 is 0 Å². The molecule has 5 aromatic carbocycles. The third-order valence-corrected chi connectivity index (χ3v) is 12.6. The van der Waals surface area contributed by atoms with Gasteiger partial charge in [-0.2, -0.15) is 0 Å². The molecule has 0 aliphatic heterocycles. The fraction of sp³-hybridized carbons (Fsp3) is 0.135. The predicted molar refractivity (Wildman–Crippen MR) is 173 cm³/mol. The molecule has 7 aromatic rings. The van der Waals surface area contributed by atoms with E-state index in [1.165, 1.54) is 4.40 Å². The minimum absolute atomic E-state index is 0.403. The normalized spacial score (nSPS) is 12.3. The molecule has 2 aromatic heterocycles. The standard InChI is InChI=1S/C37H31GeN2O/c1-23-14-17-30-31-18-15-25(21-39)35(32-20-24-10-6-7-11-27(24)28-12-8-9-13-29(28)32)37(31)41-36(30)34(23)33-19-16-26(22-40(33)5)38(2,3)4/h6-20,22H,1-5H3/q+1/i20D. The smallest absolute Gasteiger partial charge is 0.0616 e. The first kappa shape index (κ1) is 24.4. The van der Waals surface area contributed by atoms with E-state index in [4.69, 9.17) is 4.42 Å². The average molecular weight is 593 g/mol. The Morgan fingerprint density at radius 3 is 2.12 bits per heavy atom. The van der Waals surface area contributed by atoms with E-state index in [0.717, 1.165) is 60.3 Å². The number of benzene rings is 5. The summed E-state index contributed by atoms with van der Waals surface area (Å²) in [6.07, 6.45) is 2.28. The molecule has 0 bridgehead atoms. The quantitative estimate of drug-likeness (QED) is 0.117. The number of nitrogens with zero attached hydrogens (tertiary/aromatic N) is 2. The van der Waals surface area contributed by atoms with Crippen molar-refractivity contribution in [2.45, 2.75) is 24.2 Å². The number of aromatic nitrogens is 1. The van der Waals surface area contributed by atoms with E-state index in [0.29, 0.717) is 22.8 Å². The van der Waals surface area contributed by atoms with Crippen LogP contribution in [0.3, 0.4) is 0 Å². The van der Waals surface area contributed by atoms with Crippen LogP contribution in [0.2, 0.25) is 17.3 Å². The van der Waals surface area contributed by atoms with E-state index < -0.39 is 13.3 Å². The van der Waals surface area contributed by atoms with Gasteiger partial charge in [-0.05, 0) is 5.39 Å². The minimum Gasteiger partial charge on any atom is -0.0616 e. The van der Waals surface area contributed by atoms with Gasteiger partial charge in [0.2, 0.25) is 0 Å². The SMILES string of the molecule is [2H]c1c(-c2c(C#N)ccc3c2oc2c(-c4cc[c]([Ge]([CH3])([CH3])[CH3])c[n+]4C)c(C)ccc23)c2ccccc2c2ccccc12. The van der Waals surface area contributed by atoms with Gasteiger partial charge in [0.05, 0.1) is 0 Å². The van der Waals surface area contributed by atoms with E-state index in [2.05, 4.69) is 90.5 Å². The summed E-state index contributed by atoms with van der Waals surface area (Å²) in [6, 6.07) is 31.7. The third kappa shape index (κ3) is 3.97. The van der Waals surface area contributed by atoms with E-state index in [9.17, 15) is 6.63 Å². The van der Waals surface area contributed by atoms with Crippen molar-refractivity contribution in [2.24, 2.45) is 7.05 Å². The molecule has 3 nitrogen and oxygen atoms in total. The van der Waals surface area contributed by atoms with Crippen LogP contribution in [0.25, 0.3) is 65.9 Å². The summed E-state index contributed by atoms with van der Waals surface area (Å²) >= 11 is -2.01. The second-order valence-electron chi connectivity index (χ2n) is 12.0. The third-order valence-electron chi connectivity index (χ3n) is 8.32. The molecule has 4 heteroatoms. The molecule has 0 spiro atoms. The molecule has 0 N–H and O–H groups in total. The zero-order valence-corrected chi connectivity index (χ0v) is 26.1. The summed E-state index contributed by atoms with van der Waals surface area (Å²) < 4.78 is 19.9. The Balaban J connectivity index is 1.61. The number of hydrogen-bond acceptors (Lipinski definition) is 2. The Morgan fingerprint density at radius 1 is 0.756 bits per heavy atom. The topological polar surface area (TPSA) is 40.8 Å². The Bertz CT molecular complexity index is 2290. The molecule has 0 aliphatic carbocycles. The molecule has 0 saturated heterocycles. The van der Waals surface area contributed by atoms with Crippen molar-refractivity contribution in [3.8, 4) is 28.5 Å². The van der Waals surface area contributed by atoms with Crippen LogP contribution in [0, 0.1) is 18.3 Å². The molecule has 0 unspecified atom stereocenters. The monoisotopic (exact) mass is 594 g/mol. The van der Waals surface area contributed by atoms with Gasteiger partial charge in [-0.1, -0.05) is 42.5 Å². The summed E-state index contributed by atoms with van der Waals surface area (Å²) in [5.74, 6) is 7.22. The molecule has 41 heavy (non-hydrogen) atoms. The van der Waals surface area contributed by atoms with Crippen molar-refractivity contribution in [1.82, 2.24) is 0 Å². The van der Waals surface area contributed by atoms with Gasteiger partial charge in [0, 0.05) is 0 Å². The summed E-state index contributed by atoms with van der Waals surface area (Å²) in [7, 11) is 2.11. The van der Waals surface area contributed by atoms with Gasteiger partial charge < -0.3 is 0 Å². The first-order chi connectivity index (χ1) is 20.2. The molecule has 0 radical (unpaired) electrons. The zero-order valence-electron chi connectivity index (χ0n) is 25.0. The summed E-state index contributed by atoms with van der Waals surface area (Å²) in [5.41, 5.74) is 6.64. The van der Waals surface area contributed by atoms with Gasteiger partial charge in [0.1, 0.15) is 0 Å². The molecule has 0 aliphatic rings. The molecular weight excluding hydrogens is 561 g/mol. The fourth-order valence-electron chi connectivity index (χ4n) is 6.13. The van der Waals surface area contributed by atoms with Crippen LogP contribution in [0.5, 0.6) is 0 Å². The van der Waals surface area contributed by atoms with Gasteiger partial charge in [0.25, 0.3) is 0 Å². The number of pyridine rings is 1. The van der Waals surface area contributed by atoms with Gasteiger partial charge in [0.15, 0.2) is 0 Å². The minimum atomic E-state index is -2.01. The number of rotatable bonds is 3. The second-order valence-corrected chi connectivity index (χ2v) is 22.6. The van der Waals surface area contributed by atoms with E-state index in [1.54, 1.807) is 0 Å². The van der Waals surface area contributed by atoms with Crippen LogP contribution in [0.4, 0.5) is 0 Å². The Morgan fingerprint density at radius 2 is 1.41 bits per heavy atom. The summed E-state index contributed by atoms with van der Waals surface area (Å²) in [5, 5.41) is 16.2. The summed E-state index contributed by atoms with van der Waals surface area (Å²) in [6.45, 7) is 2.12. The molecule has 2 heterocycles. The number of fused-ring (bicyclic) bond motifs is 6. The van der Waals surface area contributed by atoms with Gasteiger partial charge in [-0.25, -0.2) is 0 Å². The van der Waals surface area contributed by atoms with Crippen molar-refractivity contribution in [2.75, 3.05) is 0 Å². The van der Waals surface area contributed by atoms with Crippen LogP contribution < -0.4 is 8.96 Å². The van der Waals surface area contributed by atoms with Crippen LogP contribution >= 0.6 is 0 Å². The maximum absolute atomic E-state index is 10.3. The van der Waals surface area contributed by atoms with Gasteiger partial charge in [-0.3, -0.25) is 0 Å². The summed E-state index contributed by atoms with van der Waals surface area (Å²) in [4.78, 5) is 0. The Hall–Kier alpha value is -4.40.